The van der Waals surface area contributed by atoms with Gasteiger partial charge in [-0.15, -0.1) is 0 Å². The molecule has 0 atom stereocenters. The van der Waals surface area contributed by atoms with E-state index in [4.69, 9.17) is 4.99 Å². The maximum absolute atomic E-state index is 13.8. The van der Waals surface area contributed by atoms with E-state index in [0.29, 0.717) is 17.0 Å². The minimum Gasteiger partial charge on any atom is -0.342 e. The summed E-state index contributed by atoms with van der Waals surface area (Å²) in [6.45, 7) is 0.587. The fourth-order valence-electron chi connectivity index (χ4n) is 5.45. The van der Waals surface area contributed by atoms with Crippen LogP contribution < -0.4 is 0 Å². The van der Waals surface area contributed by atoms with E-state index in [1.807, 2.05) is 77.7 Å². The van der Waals surface area contributed by atoms with E-state index in [9.17, 15) is 10.1 Å². The SMILES string of the molecule is N#Cc1ccccc1Cn1cc(C=C2SC(=Nc3ccccc3)N(C3CCCCC3)C2=O)c2ccccc21. The molecular weight excluding hydrogens is 488 g/mol. The highest BCUT2D eigenvalue weighted by atomic mass is 32.2. The summed E-state index contributed by atoms with van der Waals surface area (Å²) < 4.78 is 2.17. The molecule has 4 aromatic rings. The Morgan fingerprint density at radius 3 is 2.50 bits per heavy atom. The molecule has 6 heteroatoms. The van der Waals surface area contributed by atoms with Crippen LogP contribution in [-0.2, 0) is 11.3 Å². The molecule has 38 heavy (non-hydrogen) atoms. The number of para-hydroxylation sites is 2. The van der Waals surface area contributed by atoms with Gasteiger partial charge in [0.15, 0.2) is 5.17 Å². The molecule has 3 aromatic carbocycles. The lowest BCUT2D eigenvalue weighted by Crippen LogP contribution is -2.40. The molecular formula is C32H28N4OS. The van der Waals surface area contributed by atoms with Gasteiger partial charge in [0.05, 0.1) is 22.2 Å². The molecule has 0 N–H and O–H groups in total. The number of thioether (sulfide) groups is 1. The standard InChI is InChI=1S/C32H28N4OS/c33-20-23-11-7-8-12-24(23)21-35-22-25(28-17-9-10-18-29(28)35)19-30-31(37)36(27-15-5-2-6-16-27)32(38-30)34-26-13-3-1-4-14-26/h1,3-4,7-14,17-19,22,27H,2,5-6,15-16,21H2. The van der Waals surface area contributed by atoms with Crippen LogP contribution in [0.4, 0.5) is 5.69 Å². The average molecular weight is 517 g/mol. The molecule has 1 amide bonds. The zero-order valence-corrected chi connectivity index (χ0v) is 21.9. The monoisotopic (exact) mass is 516 g/mol. The molecule has 0 bridgehead atoms. The molecule has 188 valence electrons. The van der Waals surface area contributed by atoms with E-state index in [2.05, 4.69) is 29.0 Å². The lowest BCUT2D eigenvalue weighted by Gasteiger charge is -2.30. The number of aromatic nitrogens is 1. The molecule has 0 unspecified atom stereocenters. The second-order valence-corrected chi connectivity index (χ2v) is 10.8. The summed E-state index contributed by atoms with van der Waals surface area (Å²) in [5, 5.41) is 11.4. The Kier molecular flexibility index (Phi) is 6.85. The predicted molar refractivity (Wildman–Crippen MR) is 155 cm³/mol. The van der Waals surface area contributed by atoms with Gasteiger partial charge in [0, 0.05) is 35.2 Å². The van der Waals surface area contributed by atoms with E-state index < -0.39 is 0 Å². The Morgan fingerprint density at radius 1 is 0.947 bits per heavy atom. The highest BCUT2D eigenvalue weighted by Crippen LogP contribution is 2.39. The minimum atomic E-state index is 0.0447. The summed E-state index contributed by atoms with van der Waals surface area (Å²) in [4.78, 5) is 21.4. The van der Waals surface area contributed by atoms with Gasteiger partial charge in [0.1, 0.15) is 0 Å². The zero-order chi connectivity index (χ0) is 25.9. The van der Waals surface area contributed by atoms with Gasteiger partial charge in [0.25, 0.3) is 5.91 Å². The van der Waals surface area contributed by atoms with Gasteiger partial charge in [0.2, 0.25) is 0 Å². The molecule has 2 aliphatic rings. The van der Waals surface area contributed by atoms with Crippen LogP contribution in [0.1, 0.15) is 48.8 Å². The quantitative estimate of drug-likeness (QED) is 0.258. The van der Waals surface area contributed by atoms with E-state index in [0.717, 1.165) is 58.6 Å². The minimum absolute atomic E-state index is 0.0447. The summed E-state index contributed by atoms with van der Waals surface area (Å²) in [6, 6.07) is 28.3. The number of rotatable bonds is 5. The number of amides is 1. The highest BCUT2D eigenvalue weighted by Gasteiger charge is 2.38. The van der Waals surface area contributed by atoms with Crippen LogP contribution in [0, 0.1) is 11.3 Å². The average Bonchev–Trinajstić information content (AvgIpc) is 3.46. The summed E-state index contributed by atoms with van der Waals surface area (Å²) in [6.07, 6.45) is 9.68. The predicted octanol–water partition coefficient (Wildman–Crippen LogP) is 7.50. The Hall–Kier alpha value is -4.08. The van der Waals surface area contributed by atoms with Crippen LogP contribution in [0.2, 0.25) is 0 Å². The number of carbonyl (C=O) groups excluding carboxylic acids is 1. The van der Waals surface area contributed by atoms with Gasteiger partial charge in [-0.25, -0.2) is 4.99 Å². The molecule has 0 radical (unpaired) electrons. The third kappa shape index (κ3) is 4.78. The summed E-state index contributed by atoms with van der Waals surface area (Å²) in [7, 11) is 0. The Balaban J connectivity index is 1.39. The smallest absolute Gasteiger partial charge is 0.267 e. The van der Waals surface area contributed by atoms with Crippen molar-refractivity contribution in [3.05, 3.63) is 107 Å². The van der Waals surface area contributed by atoms with Crippen LogP contribution in [0.5, 0.6) is 0 Å². The number of aliphatic imine (C=N–C) groups is 1. The van der Waals surface area contributed by atoms with Gasteiger partial charge in [-0.05, 0) is 60.5 Å². The molecule has 2 fully saturated rings. The lowest BCUT2D eigenvalue weighted by molar-refractivity contribution is -0.124. The maximum Gasteiger partial charge on any atom is 0.267 e. The van der Waals surface area contributed by atoms with Crippen LogP contribution in [-0.4, -0.2) is 26.6 Å². The molecule has 0 spiro atoms. The van der Waals surface area contributed by atoms with Crippen molar-refractivity contribution in [3.63, 3.8) is 0 Å². The summed E-state index contributed by atoms with van der Waals surface area (Å²) >= 11 is 1.47. The normalized spacial score (nSPS) is 18.5. The molecule has 1 aromatic heterocycles. The molecule has 1 saturated carbocycles. The first-order chi connectivity index (χ1) is 18.7. The number of nitriles is 1. The van der Waals surface area contributed by atoms with Crippen molar-refractivity contribution in [2.24, 2.45) is 4.99 Å². The van der Waals surface area contributed by atoms with Crippen molar-refractivity contribution < 1.29 is 4.79 Å². The van der Waals surface area contributed by atoms with Crippen molar-refractivity contribution in [2.45, 2.75) is 44.7 Å². The number of carbonyl (C=O) groups is 1. The molecule has 1 saturated heterocycles. The van der Waals surface area contributed by atoms with Crippen LogP contribution in [0.3, 0.4) is 0 Å². The molecule has 2 heterocycles. The third-order valence-electron chi connectivity index (χ3n) is 7.34. The van der Waals surface area contributed by atoms with E-state index in [-0.39, 0.29) is 11.9 Å². The van der Waals surface area contributed by atoms with Crippen molar-refractivity contribution in [2.75, 3.05) is 0 Å². The van der Waals surface area contributed by atoms with Crippen molar-refractivity contribution >= 4 is 45.5 Å². The molecule has 5 nitrogen and oxygen atoms in total. The lowest BCUT2D eigenvalue weighted by atomic mass is 9.94. The number of nitrogens with zero attached hydrogens (tertiary/aromatic N) is 4. The Bertz CT molecular complexity index is 1590. The number of amidine groups is 1. The number of fused-ring (bicyclic) bond motifs is 1. The second-order valence-electron chi connectivity index (χ2n) is 9.81. The van der Waals surface area contributed by atoms with Crippen molar-refractivity contribution in [3.8, 4) is 6.07 Å². The summed E-state index contributed by atoms with van der Waals surface area (Å²) in [5.74, 6) is 0.0447. The maximum atomic E-state index is 13.8. The topological polar surface area (TPSA) is 61.4 Å². The van der Waals surface area contributed by atoms with E-state index in [1.54, 1.807) is 0 Å². The second kappa shape index (κ2) is 10.7. The first-order valence-electron chi connectivity index (χ1n) is 13.1. The van der Waals surface area contributed by atoms with Crippen LogP contribution >= 0.6 is 11.8 Å². The van der Waals surface area contributed by atoms with Gasteiger partial charge in [-0.1, -0.05) is 73.9 Å². The Labute approximate surface area is 227 Å². The molecule has 6 rings (SSSR count). The van der Waals surface area contributed by atoms with Crippen LogP contribution in [0.25, 0.3) is 17.0 Å². The van der Waals surface area contributed by atoms with Crippen LogP contribution in [0.15, 0.2) is 95.0 Å². The van der Waals surface area contributed by atoms with Crippen molar-refractivity contribution in [1.82, 2.24) is 9.47 Å². The van der Waals surface area contributed by atoms with E-state index in [1.165, 1.54) is 18.2 Å². The number of hydrogen-bond donors (Lipinski definition) is 0. The fraction of sp³-hybridized carbons (Fsp3) is 0.219. The summed E-state index contributed by atoms with van der Waals surface area (Å²) in [5.41, 5.74) is 4.58. The molecule has 1 aliphatic carbocycles. The largest absolute Gasteiger partial charge is 0.342 e. The number of hydrogen-bond acceptors (Lipinski definition) is 4. The van der Waals surface area contributed by atoms with Gasteiger partial charge in [-0.2, -0.15) is 5.26 Å². The first-order valence-corrected chi connectivity index (χ1v) is 14.0. The van der Waals surface area contributed by atoms with E-state index >= 15 is 0 Å². The van der Waals surface area contributed by atoms with Crippen molar-refractivity contribution in [1.29, 1.82) is 5.26 Å². The number of benzene rings is 3. The third-order valence-corrected chi connectivity index (χ3v) is 8.33. The zero-order valence-electron chi connectivity index (χ0n) is 21.1. The van der Waals surface area contributed by atoms with Gasteiger partial charge >= 0.3 is 0 Å². The molecule has 1 aliphatic heterocycles. The van der Waals surface area contributed by atoms with Gasteiger partial charge in [-0.3, -0.25) is 9.69 Å². The highest BCUT2D eigenvalue weighted by molar-refractivity contribution is 8.18. The first kappa shape index (κ1) is 24.3. The Morgan fingerprint density at radius 2 is 1.68 bits per heavy atom. The fourth-order valence-corrected chi connectivity index (χ4v) is 6.50. The van der Waals surface area contributed by atoms with Gasteiger partial charge < -0.3 is 4.57 Å².